The third-order valence-electron chi connectivity index (χ3n) is 4.26. The standard InChI is InChI=1S/C18H22N4O2/c1-13-3-4-14(12-20-13)18(23)22-9-6-15(7-10-22)21-17-11-16(24-2)5-8-19-17/h3-5,8,11-12,15H,6-7,9-10H2,1-2H3,(H,19,21). The number of anilines is 1. The highest BCUT2D eigenvalue weighted by atomic mass is 16.5. The van der Waals surface area contributed by atoms with Gasteiger partial charge in [0.2, 0.25) is 0 Å². The largest absolute Gasteiger partial charge is 0.497 e. The lowest BCUT2D eigenvalue weighted by Crippen LogP contribution is -2.42. The van der Waals surface area contributed by atoms with Crippen LogP contribution in [0.4, 0.5) is 5.82 Å². The van der Waals surface area contributed by atoms with E-state index < -0.39 is 0 Å². The Bertz CT molecular complexity index is 694. The van der Waals surface area contributed by atoms with Crippen LogP contribution in [0.3, 0.4) is 0 Å². The predicted octanol–water partition coefficient (Wildman–Crippen LogP) is 2.51. The average molecular weight is 326 g/mol. The molecule has 1 aliphatic heterocycles. The Morgan fingerprint density at radius 3 is 2.71 bits per heavy atom. The molecule has 3 heterocycles. The maximum atomic E-state index is 12.5. The van der Waals surface area contributed by atoms with Crippen molar-refractivity contribution in [3.63, 3.8) is 0 Å². The summed E-state index contributed by atoms with van der Waals surface area (Å²) in [6, 6.07) is 7.73. The van der Waals surface area contributed by atoms with Crippen molar-refractivity contribution in [3.05, 3.63) is 47.9 Å². The predicted molar refractivity (Wildman–Crippen MR) is 92.3 cm³/mol. The number of carbonyl (C=O) groups is 1. The fourth-order valence-electron chi connectivity index (χ4n) is 2.83. The Morgan fingerprint density at radius 1 is 1.25 bits per heavy atom. The first-order valence-electron chi connectivity index (χ1n) is 8.14. The van der Waals surface area contributed by atoms with Gasteiger partial charge in [-0.05, 0) is 38.0 Å². The lowest BCUT2D eigenvalue weighted by molar-refractivity contribution is 0.0718. The van der Waals surface area contributed by atoms with Crippen LogP contribution in [0.2, 0.25) is 0 Å². The van der Waals surface area contributed by atoms with E-state index >= 15 is 0 Å². The third-order valence-corrected chi connectivity index (χ3v) is 4.26. The Balaban J connectivity index is 1.55. The van der Waals surface area contributed by atoms with Crippen LogP contribution in [0.15, 0.2) is 36.7 Å². The first-order valence-corrected chi connectivity index (χ1v) is 8.14. The van der Waals surface area contributed by atoms with E-state index in [9.17, 15) is 4.79 Å². The van der Waals surface area contributed by atoms with Gasteiger partial charge in [-0.2, -0.15) is 0 Å². The van der Waals surface area contributed by atoms with E-state index in [1.807, 2.05) is 36.1 Å². The highest BCUT2D eigenvalue weighted by molar-refractivity contribution is 5.94. The van der Waals surface area contributed by atoms with Crippen molar-refractivity contribution in [3.8, 4) is 5.75 Å². The summed E-state index contributed by atoms with van der Waals surface area (Å²) in [5, 5.41) is 3.42. The summed E-state index contributed by atoms with van der Waals surface area (Å²) in [5.41, 5.74) is 1.57. The highest BCUT2D eigenvalue weighted by Crippen LogP contribution is 2.19. The molecule has 0 atom stereocenters. The summed E-state index contributed by atoms with van der Waals surface area (Å²) >= 11 is 0. The van der Waals surface area contributed by atoms with E-state index in [0.717, 1.165) is 43.2 Å². The van der Waals surface area contributed by atoms with Crippen molar-refractivity contribution in [2.24, 2.45) is 0 Å². The van der Waals surface area contributed by atoms with Crippen LogP contribution >= 0.6 is 0 Å². The minimum Gasteiger partial charge on any atom is -0.497 e. The molecule has 0 bridgehead atoms. The number of pyridine rings is 2. The fraction of sp³-hybridized carbons (Fsp3) is 0.389. The molecule has 1 aliphatic rings. The third kappa shape index (κ3) is 3.82. The van der Waals surface area contributed by atoms with E-state index in [-0.39, 0.29) is 5.91 Å². The van der Waals surface area contributed by atoms with Crippen LogP contribution in [-0.2, 0) is 0 Å². The molecule has 1 N–H and O–H groups in total. The molecule has 1 amide bonds. The van der Waals surface area contributed by atoms with Gasteiger partial charge in [0.05, 0.1) is 12.7 Å². The molecule has 0 radical (unpaired) electrons. The number of aromatic nitrogens is 2. The second-order valence-corrected chi connectivity index (χ2v) is 5.98. The quantitative estimate of drug-likeness (QED) is 0.935. The summed E-state index contributed by atoms with van der Waals surface area (Å²) in [5.74, 6) is 1.65. The fourth-order valence-corrected chi connectivity index (χ4v) is 2.83. The van der Waals surface area contributed by atoms with Crippen LogP contribution in [0.1, 0.15) is 28.9 Å². The van der Waals surface area contributed by atoms with Gasteiger partial charge < -0.3 is 15.0 Å². The molecule has 2 aromatic heterocycles. The van der Waals surface area contributed by atoms with E-state index in [0.29, 0.717) is 11.6 Å². The van der Waals surface area contributed by atoms with Gasteiger partial charge in [0, 0.05) is 43.3 Å². The summed E-state index contributed by atoms with van der Waals surface area (Å²) in [6.45, 7) is 3.38. The Kier molecular flexibility index (Phi) is 4.93. The topological polar surface area (TPSA) is 67.3 Å². The van der Waals surface area contributed by atoms with Crippen molar-refractivity contribution in [2.75, 3.05) is 25.5 Å². The summed E-state index contributed by atoms with van der Waals surface area (Å²) in [4.78, 5) is 22.9. The van der Waals surface area contributed by atoms with Gasteiger partial charge >= 0.3 is 0 Å². The van der Waals surface area contributed by atoms with Gasteiger partial charge in [-0.15, -0.1) is 0 Å². The molecule has 24 heavy (non-hydrogen) atoms. The molecular weight excluding hydrogens is 304 g/mol. The molecule has 1 fully saturated rings. The zero-order valence-electron chi connectivity index (χ0n) is 14.0. The Morgan fingerprint density at radius 2 is 2.04 bits per heavy atom. The van der Waals surface area contributed by atoms with E-state index in [1.165, 1.54) is 0 Å². The van der Waals surface area contributed by atoms with Crippen LogP contribution < -0.4 is 10.1 Å². The number of amides is 1. The van der Waals surface area contributed by atoms with Gasteiger partial charge in [0.1, 0.15) is 11.6 Å². The minimum atomic E-state index is 0.0560. The van der Waals surface area contributed by atoms with Gasteiger partial charge in [-0.1, -0.05) is 0 Å². The second-order valence-electron chi connectivity index (χ2n) is 5.98. The number of aryl methyl sites for hydroxylation is 1. The molecule has 0 spiro atoms. The van der Waals surface area contributed by atoms with E-state index in [2.05, 4.69) is 15.3 Å². The van der Waals surface area contributed by atoms with E-state index in [4.69, 9.17) is 4.74 Å². The number of nitrogens with zero attached hydrogens (tertiary/aromatic N) is 3. The van der Waals surface area contributed by atoms with Crippen molar-refractivity contribution in [1.29, 1.82) is 0 Å². The average Bonchev–Trinajstić information content (AvgIpc) is 2.62. The molecular formula is C18H22N4O2. The van der Waals surface area contributed by atoms with Crippen molar-refractivity contribution >= 4 is 11.7 Å². The second kappa shape index (κ2) is 7.29. The van der Waals surface area contributed by atoms with Crippen LogP contribution in [0.25, 0.3) is 0 Å². The van der Waals surface area contributed by atoms with Gasteiger partial charge in [-0.3, -0.25) is 9.78 Å². The maximum absolute atomic E-state index is 12.5. The molecule has 126 valence electrons. The summed E-state index contributed by atoms with van der Waals surface area (Å²) in [7, 11) is 1.64. The van der Waals surface area contributed by atoms with Crippen LogP contribution in [-0.4, -0.2) is 47.0 Å². The molecule has 6 heteroatoms. The van der Waals surface area contributed by atoms with Crippen LogP contribution in [0.5, 0.6) is 5.75 Å². The minimum absolute atomic E-state index is 0.0560. The first kappa shape index (κ1) is 16.2. The Labute approximate surface area is 141 Å². The highest BCUT2D eigenvalue weighted by Gasteiger charge is 2.24. The molecule has 0 unspecified atom stereocenters. The maximum Gasteiger partial charge on any atom is 0.255 e. The molecule has 2 aromatic rings. The number of carbonyl (C=O) groups excluding carboxylic acids is 1. The van der Waals surface area contributed by atoms with Gasteiger partial charge in [-0.25, -0.2) is 4.98 Å². The lowest BCUT2D eigenvalue weighted by atomic mass is 10.0. The summed E-state index contributed by atoms with van der Waals surface area (Å²) < 4.78 is 5.21. The number of rotatable bonds is 4. The zero-order chi connectivity index (χ0) is 16.9. The van der Waals surface area contributed by atoms with E-state index in [1.54, 1.807) is 19.5 Å². The molecule has 0 aromatic carbocycles. The number of hydrogen-bond acceptors (Lipinski definition) is 5. The number of piperidine rings is 1. The number of methoxy groups -OCH3 is 1. The van der Waals surface area contributed by atoms with Gasteiger partial charge in [0.15, 0.2) is 0 Å². The molecule has 1 saturated heterocycles. The smallest absolute Gasteiger partial charge is 0.255 e. The lowest BCUT2D eigenvalue weighted by Gasteiger charge is -2.32. The molecule has 0 saturated carbocycles. The molecule has 0 aliphatic carbocycles. The van der Waals surface area contributed by atoms with Crippen molar-refractivity contribution in [1.82, 2.24) is 14.9 Å². The molecule has 3 rings (SSSR count). The zero-order valence-corrected chi connectivity index (χ0v) is 14.0. The number of nitrogens with one attached hydrogen (secondary N) is 1. The summed E-state index contributed by atoms with van der Waals surface area (Å²) in [6.07, 6.45) is 5.17. The van der Waals surface area contributed by atoms with Crippen molar-refractivity contribution in [2.45, 2.75) is 25.8 Å². The van der Waals surface area contributed by atoms with Crippen molar-refractivity contribution < 1.29 is 9.53 Å². The molecule has 6 nitrogen and oxygen atoms in total. The number of hydrogen-bond donors (Lipinski definition) is 1. The SMILES string of the molecule is COc1ccnc(NC2CCN(C(=O)c3ccc(C)nc3)CC2)c1. The van der Waals surface area contributed by atoms with Gasteiger partial charge in [0.25, 0.3) is 5.91 Å². The number of likely N-dealkylation sites (tertiary alicyclic amines) is 1. The first-order chi connectivity index (χ1) is 11.7. The Hall–Kier alpha value is -2.63. The normalized spacial score (nSPS) is 15.2. The van der Waals surface area contributed by atoms with Crippen LogP contribution in [0, 0.1) is 6.92 Å². The number of ether oxygens (including phenoxy) is 1. The monoisotopic (exact) mass is 326 g/mol.